The number of para-hydroxylation sites is 2. The minimum absolute atomic E-state index is 0.000457. The van der Waals surface area contributed by atoms with E-state index in [1.54, 1.807) is 35.6 Å². The number of benzene rings is 2. The predicted molar refractivity (Wildman–Crippen MR) is 90.7 cm³/mol. The molecule has 0 aliphatic carbocycles. The topological polar surface area (TPSA) is 53.4 Å². The van der Waals surface area contributed by atoms with Crippen molar-refractivity contribution < 1.29 is 9.90 Å². The zero-order chi connectivity index (χ0) is 15.8. The average molecular weight is 324 g/mol. The Morgan fingerprint density at radius 2 is 1.96 bits per heavy atom. The van der Waals surface area contributed by atoms with Gasteiger partial charge >= 0.3 is 0 Å². The number of aromatic nitrogens is 1. The number of nitrogens with zero attached hydrogens (tertiary/aromatic N) is 2. The summed E-state index contributed by atoms with van der Waals surface area (Å²) in [6, 6.07) is 14.8. The second-order valence-corrected chi connectivity index (χ2v) is 6.76. The Balaban J connectivity index is 1.69. The molecule has 116 valence electrons. The lowest BCUT2D eigenvalue weighted by Gasteiger charge is -2.23. The van der Waals surface area contributed by atoms with E-state index in [-0.39, 0.29) is 17.7 Å². The summed E-state index contributed by atoms with van der Waals surface area (Å²) in [5.74, 6) is -0.0858. The van der Waals surface area contributed by atoms with E-state index in [2.05, 4.69) is 6.07 Å². The van der Waals surface area contributed by atoms with Gasteiger partial charge in [-0.15, -0.1) is 11.3 Å². The molecule has 4 nitrogen and oxygen atoms in total. The van der Waals surface area contributed by atoms with Gasteiger partial charge in [0.2, 0.25) is 0 Å². The summed E-state index contributed by atoms with van der Waals surface area (Å²) in [6.45, 7) is 0.702. The SMILES string of the molecule is O=C(c1ccccc1O)N1CCCC1c1nc2ccccc2s1. The third-order valence-corrected chi connectivity index (χ3v) is 5.38. The summed E-state index contributed by atoms with van der Waals surface area (Å²) < 4.78 is 1.14. The lowest BCUT2D eigenvalue weighted by Crippen LogP contribution is -2.30. The summed E-state index contributed by atoms with van der Waals surface area (Å²) in [5, 5.41) is 10.9. The smallest absolute Gasteiger partial charge is 0.258 e. The van der Waals surface area contributed by atoms with Gasteiger partial charge in [-0.05, 0) is 37.1 Å². The molecule has 3 aromatic rings. The summed E-state index contributed by atoms with van der Waals surface area (Å²) in [6.07, 6.45) is 1.87. The van der Waals surface area contributed by atoms with Crippen molar-refractivity contribution in [2.45, 2.75) is 18.9 Å². The van der Waals surface area contributed by atoms with Crippen molar-refractivity contribution in [1.82, 2.24) is 9.88 Å². The fourth-order valence-electron chi connectivity index (χ4n) is 3.11. The van der Waals surface area contributed by atoms with Crippen molar-refractivity contribution in [3.05, 3.63) is 59.1 Å². The number of hydrogen-bond donors (Lipinski definition) is 1. The first-order valence-electron chi connectivity index (χ1n) is 7.68. The number of hydrogen-bond acceptors (Lipinski definition) is 4. The van der Waals surface area contributed by atoms with Crippen LogP contribution in [0, 0.1) is 0 Å². The molecule has 1 fully saturated rings. The Kier molecular flexibility index (Phi) is 3.50. The van der Waals surface area contributed by atoms with Gasteiger partial charge in [-0.1, -0.05) is 24.3 Å². The van der Waals surface area contributed by atoms with Crippen LogP contribution >= 0.6 is 11.3 Å². The molecule has 1 amide bonds. The van der Waals surface area contributed by atoms with E-state index in [9.17, 15) is 9.90 Å². The Labute approximate surface area is 138 Å². The summed E-state index contributed by atoms with van der Waals surface area (Å²) >= 11 is 1.65. The molecule has 1 aliphatic heterocycles. The van der Waals surface area contributed by atoms with Gasteiger partial charge in [-0.25, -0.2) is 4.98 Å². The van der Waals surface area contributed by atoms with Crippen LogP contribution in [0.15, 0.2) is 48.5 Å². The molecular formula is C18H16N2O2S. The van der Waals surface area contributed by atoms with E-state index in [0.29, 0.717) is 12.1 Å². The number of fused-ring (bicyclic) bond motifs is 1. The monoisotopic (exact) mass is 324 g/mol. The number of aromatic hydroxyl groups is 1. The molecular weight excluding hydrogens is 308 g/mol. The maximum Gasteiger partial charge on any atom is 0.258 e. The average Bonchev–Trinajstić information content (AvgIpc) is 3.21. The summed E-state index contributed by atoms with van der Waals surface area (Å²) in [4.78, 5) is 19.4. The lowest BCUT2D eigenvalue weighted by atomic mass is 10.1. The van der Waals surface area contributed by atoms with Gasteiger partial charge in [0.15, 0.2) is 0 Å². The molecule has 0 radical (unpaired) electrons. The number of carbonyl (C=O) groups is 1. The van der Waals surface area contributed by atoms with Crippen LogP contribution in [-0.4, -0.2) is 27.4 Å². The summed E-state index contributed by atoms with van der Waals surface area (Å²) in [7, 11) is 0. The highest BCUT2D eigenvalue weighted by Crippen LogP contribution is 2.37. The van der Waals surface area contributed by atoms with Crippen molar-refractivity contribution >= 4 is 27.5 Å². The maximum atomic E-state index is 12.8. The predicted octanol–water partition coefficient (Wildman–Crippen LogP) is 3.98. The van der Waals surface area contributed by atoms with E-state index in [4.69, 9.17) is 4.98 Å². The van der Waals surface area contributed by atoms with Gasteiger partial charge in [-0.3, -0.25) is 4.79 Å². The Bertz CT molecular complexity index is 841. The van der Waals surface area contributed by atoms with Crippen LogP contribution in [0.2, 0.25) is 0 Å². The van der Waals surface area contributed by atoms with Crippen LogP contribution in [0.3, 0.4) is 0 Å². The van der Waals surface area contributed by atoms with E-state index in [1.165, 1.54) is 0 Å². The number of carbonyl (C=O) groups excluding carboxylic acids is 1. The second-order valence-electron chi connectivity index (χ2n) is 5.69. The van der Waals surface area contributed by atoms with E-state index in [1.807, 2.05) is 23.1 Å². The zero-order valence-corrected chi connectivity index (χ0v) is 13.3. The van der Waals surface area contributed by atoms with Gasteiger partial charge in [0.05, 0.1) is 21.8 Å². The van der Waals surface area contributed by atoms with Crippen LogP contribution in [0.4, 0.5) is 0 Å². The first-order chi connectivity index (χ1) is 11.2. The largest absolute Gasteiger partial charge is 0.507 e. The highest BCUT2D eigenvalue weighted by atomic mass is 32.1. The molecule has 0 saturated carbocycles. The molecule has 1 aromatic heterocycles. The Morgan fingerprint density at radius 1 is 1.17 bits per heavy atom. The molecule has 4 rings (SSSR count). The van der Waals surface area contributed by atoms with E-state index < -0.39 is 0 Å². The third-order valence-electron chi connectivity index (χ3n) is 4.24. The number of amides is 1. The number of likely N-dealkylation sites (tertiary alicyclic amines) is 1. The molecule has 5 heteroatoms. The van der Waals surface area contributed by atoms with E-state index in [0.717, 1.165) is 28.1 Å². The number of rotatable bonds is 2. The lowest BCUT2D eigenvalue weighted by molar-refractivity contribution is 0.0732. The van der Waals surface area contributed by atoms with Crippen molar-refractivity contribution in [1.29, 1.82) is 0 Å². The van der Waals surface area contributed by atoms with Gasteiger partial charge < -0.3 is 10.0 Å². The quantitative estimate of drug-likeness (QED) is 0.776. The summed E-state index contributed by atoms with van der Waals surface area (Å²) in [5.41, 5.74) is 1.34. The highest BCUT2D eigenvalue weighted by Gasteiger charge is 2.33. The molecule has 23 heavy (non-hydrogen) atoms. The number of thiazole rings is 1. The molecule has 1 N–H and O–H groups in total. The van der Waals surface area contributed by atoms with Gasteiger partial charge in [-0.2, -0.15) is 0 Å². The minimum atomic E-state index is -0.121. The van der Waals surface area contributed by atoms with E-state index >= 15 is 0 Å². The normalized spacial score (nSPS) is 17.7. The fourth-order valence-corrected chi connectivity index (χ4v) is 4.22. The van der Waals surface area contributed by atoms with Crippen LogP contribution in [-0.2, 0) is 0 Å². The molecule has 2 heterocycles. The minimum Gasteiger partial charge on any atom is -0.507 e. The second kappa shape index (κ2) is 5.66. The van der Waals surface area contributed by atoms with Gasteiger partial charge in [0, 0.05) is 6.54 Å². The van der Waals surface area contributed by atoms with Crippen molar-refractivity contribution in [3.63, 3.8) is 0 Å². The molecule has 1 unspecified atom stereocenters. The van der Waals surface area contributed by atoms with Crippen LogP contribution in [0.5, 0.6) is 5.75 Å². The third kappa shape index (κ3) is 2.47. The maximum absolute atomic E-state index is 12.8. The molecule has 2 aromatic carbocycles. The Hall–Kier alpha value is -2.40. The van der Waals surface area contributed by atoms with Gasteiger partial charge in [0.1, 0.15) is 10.8 Å². The first kappa shape index (κ1) is 14.2. The fraction of sp³-hybridized carbons (Fsp3) is 0.222. The van der Waals surface area contributed by atoms with Crippen molar-refractivity contribution in [2.24, 2.45) is 0 Å². The molecule has 0 bridgehead atoms. The van der Waals surface area contributed by atoms with Crippen molar-refractivity contribution in [2.75, 3.05) is 6.54 Å². The number of phenols is 1. The standard InChI is InChI=1S/C18H16N2O2S/c21-15-9-3-1-6-12(15)18(22)20-11-5-8-14(20)17-19-13-7-2-4-10-16(13)23-17/h1-4,6-7,9-10,14,21H,5,8,11H2. The molecule has 1 saturated heterocycles. The first-order valence-corrected chi connectivity index (χ1v) is 8.50. The molecule has 1 aliphatic rings. The highest BCUT2D eigenvalue weighted by molar-refractivity contribution is 7.18. The molecule has 0 spiro atoms. The van der Waals surface area contributed by atoms with Crippen LogP contribution < -0.4 is 0 Å². The van der Waals surface area contributed by atoms with Crippen LogP contribution in [0.1, 0.15) is 34.2 Å². The van der Waals surface area contributed by atoms with Gasteiger partial charge in [0.25, 0.3) is 5.91 Å². The zero-order valence-electron chi connectivity index (χ0n) is 12.5. The molecule has 1 atom stereocenters. The van der Waals surface area contributed by atoms with Crippen molar-refractivity contribution in [3.8, 4) is 5.75 Å². The van der Waals surface area contributed by atoms with Crippen LogP contribution in [0.25, 0.3) is 10.2 Å². The Morgan fingerprint density at radius 3 is 2.78 bits per heavy atom. The number of phenolic OH excluding ortho intramolecular Hbond substituents is 1.